The molecule has 0 saturated carbocycles. The Morgan fingerprint density at radius 3 is 2.75 bits per heavy atom. The van der Waals surface area contributed by atoms with Crippen LogP contribution < -0.4 is 10.6 Å². The number of nitrogens with zero attached hydrogens (tertiary/aromatic N) is 2. The fourth-order valence-electron chi connectivity index (χ4n) is 3.56. The van der Waals surface area contributed by atoms with E-state index in [1.165, 1.54) is 24.5 Å². The Labute approximate surface area is 159 Å². The van der Waals surface area contributed by atoms with E-state index in [0.717, 1.165) is 6.07 Å². The molecule has 2 aromatic carbocycles. The minimum absolute atomic E-state index is 0.0564. The molecule has 1 unspecified atom stereocenters. The second kappa shape index (κ2) is 6.49. The highest BCUT2D eigenvalue weighted by Gasteiger charge is 2.30. The Balaban J connectivity index is 2.12. The molecule has 1 aromatic heterocycles. The number of carboxylic acids is 1. The van der Waals surface area contributed by atoms with Crippen molar-refractivity contribution in [2.45, 2.75) is 29.2 Å². The fourth-order valence-corrected chi connectivity index (χ4v) is 5.34. The molecule has 0 radical (unpaired) electrons. The van der Waals surface area contributed by atoms with Crippen molar-refractivity contribution in [3.05, 3.63) is 65.2 Å². The van der Waals surface area contributed by atoms with Crippen molar-refractivity contribution in [2.75, 3.05) is 0 Å². The third kappa shape index (κ3) is 2.77. The smallest absolute Gasteiger partial charge is 0.307 e. The summed E-state index contributed by atoms with van der Waals surface area (Å²) < 4.78 is 41.9. The second-order valence-corrected chi connectivity index (χ2v) is 8.38. The summed E-state index contributed by atoms with van der Waals surface area (Å²) in [5.74, 6) is -2.06. The summed E-state index contributed by atoms with van der Waals surface area (Å²) in [6, 6.07) is 8.12. The quantitative estimate of drug-likeness (QED) is 0.724. The van der Waals surface area contributed by atoms with E-state index in [1.54, 1.807) is 25.1 Å². The Morgan fingerprint density at radius 2 is 2.00 bits per heavy atom. The number of fused-ring (bicyclic) bond motifs is 2. The molecule has 2 heterocycles. The molecule has 1 aliphatic rings. The summed E-state index contributed by atoms with van der Waals surface area (Å²) in [6.07, 6.45) is 2.58. The van der Waals surface area contributed by atoms with Crippen LogP contribution in [0.2, 0.25) is 0 Å². The van der Waals surface area contributed by atoms with Gasteiger partial charge in [0.15, 0.2) is 0 Å². The Morgan fingerprint density at radius 1 is 1.21 bits per heavy atom. The van der Waals surface area contributed by atoms with Crippen LogP contribution in [0.15, 0.2) is 63.6 Å². The number of hydrogen-bond acceptors (Lipinski definition) is 5. The summed E-state index contributed by atoms with van der Waals surface area (Å²) in [5.41, 5.74) is 0.280. The predicted octanol–water partition coefficient (Wildman–Crippen LogP) is 1.85. The molecule has 3 aromatic rings. The van der Waals surface area contributed by atoms with Crippen LogP contribution in [-0.4, -0.2) is 30.5 Å². The molecule has 0 amide bonds. The number of pyridine rings is 1. The number of sulfone groups is 1. The van der Waals surface area contributed by atoms with Crippen molar-refractivity contribution in [1.29, 1.82) is 0 Å². The van der Waals surface area contributed by atoms with Crippen LogP contribution in [0, 0.1) is 5.82 Å². The normalized spacial score (nSPS) is 16.1. The molecular weight excluding hydrogens is 383 g/mol. The van der Waals surface area contributed by atoms with Crippen LogP contribution in [0.3, 0.4) is 0 Å². The summed E-state index contributed by atoms with van der Waals surface area (Å²) in [6.45, 7) is 1.66. The standard InChI is InChI=1S/C20H15FN2O4S/c1-11-14(9-18(24)25)19-16(23-11)6-5-15(21)20(19)28(26,27)17-4-2-3-12-10-22-8-7-13(12)17/h2-8,10-11H,9H2,1H3,(H,24,25). The number of benzene rings is 2. The van der Waals surface area contributed by atoms with Crippen LogP contribution in [0.4, 0.5) is 4.39 Å². The second-order valence-electron chi connectivity index (χ2n) is 6.53. The molecular formula is C20H15FN2O4S. The molecule has 0 saturated heterocycles. The molecule has 6 nitrogen and oxygen atoms in total. The van der Waals surface area contributed by atoms with Gasteiger partial charge in [0.1, 0.15) is 10.7 Å². The number of carbonyl (C=O) groups is 1. The number of carboxylic acid groups (broad SMARTS) is 1. The van der Waals surface area contributed by atoms with Gasteiger partial charge in [-0.2, -0.15) is 0 Å². The Hall–Kier alpha value is -3.13. The van der Waals surface area contributed by atoms with Gasteiger partial charge in [-0.05, 0) is 36.8 Å². The first-order valence-electron chi connectivity index (χ1n) is 8.50. The number of rotatable bonds is 4. The van der Waals surface area contributed by atoms with Crippen LogP contribution in [0.1, 0.15) is 13.3 Å². The zero-order chi connectivity index (χ0) is 20.1. The van der Waals surface area contributed by atoms with Gasteiger partial charge in [-0.25, -0.2) is 12.8 Å². The molecule has 1 atom stereocenters. The number of aliphatic carboxylic acids is 1. The highest BCUT2D eigenvalue weighted by atomic mass is 32.2. The topological polar surface area (TPSA) is 96.7 Å². The van der Waals surface area contributed by atoms with Crippen molar-refractivity contribution in [2.24, 2.45) is 4.99 Å². The lowest BCUT2D eigenvalue weighted by Gasteiger charge is -2.11. The minimum Gasteiger partial charge on any atom is -0.481 e. The summed E-state index contributed by atoms with van der Waals surface area (Å²) in [5, 5.41) is 10.6. The first-order chi connectivity index (χ1) is 13.3. The van der Waals surface area contributed by atoms with E-state index < -0.39 is 39.0 Å². The SMILES string of the molecule is CC1N=c2ccc(F)c(S(=O)(=O)c3cccc4cnccc34)c2=C1CC(=O)O. The van der Waals surface area contributed by atoms with Gasteiger partial charge in [-0.1, -0.05) is 12.1 Å². The first kappa shape index (κ1) is 18.2. The number of aromatic nitrogens is 1. The van der Waals surface area contributed by atoms with E-state index in [9.17, 15) is 22.7 Å². The largest absolute Gasteiger partial charge is 0.481 e. The van der Waals surface area contributed by atoms with Gasteiger partial charge in [-0.15, -0.1) is 0 Å². The van der Waals surface area contributed by atoms with Crippen molar-refractivity contribution >= 4 is 32.2 Å². The average Bonchev–Trinajstić information content (AvgIpc) is 2.96. The van der Waals surface area contributed by atoms with E-state index in [4.69, 9.17) is 0 Å². The van der Waals surface area contributed by atoms with E-state index >= 15 is 0 Å². The highest BCUT2D eigenvalue weighted by Crippen LogP contribution is 2.28. The van der Waals surface area contributed by atoms with Crippen molar-refractivity contribution < 1.29 is 22.7 Å². The zero-order valence-electron chi connectivity index (χ0n) is 14.8. The molecule has 0 fully saturated rings. The zero-order valence-corrected chi connectivity index (χ0v) is 15.6. The number of halogens is 1. The predicted molar refractivity (Wildman–Crippen MR) is 99.5 cm³/mol. The highest BCUT2D eigenvalue weighted by molar-refractivity contribution is 7.91. The van der Waals surface area contributed by atoms with Gasteiger partial charge < -0.3 is 5.11 Å². The van der Waals surface area contributed by atoms with Crippen LogP contribution in [0.25, 0.3) is 16.3 Å². The molecule has 142 valence electrons. The monoisotopic (exact) mass is 398 g/mol. The lowest BCUT2D eigenvalue weighted by molar-refractivity contribution is -0.135. The maximum absolute atomic E-state index is 14.9. The first-order valence-corrected chi connectivity index (χ1v) is 9.98. The summed E-state index contributed by atoms with van der Waals surface area (Å²) in [4.78, 5) is 19.0. The van der Waals surface area contributed by atoms with Gasteiger partial charge in [0.05, 0.1) is 22.7 Å². The van der Waals surface area contributed by atoms with Gasteiger partial charge in [0.25, 0.3) is 0 Å². The molecule has 1 N–H and O–H groups in total. The molecule has 4 rings (SSSR count). The van der Waals surface area contributed by atoms with E-state index in [-0.39, 0.29) is 21.0 Å². The van der Waals surface area contributed by atoms with E-state index in [0.29, 0.717) is 10.8 Å². The Bertz CT molecular complexity index is 1360. The fraction of sp³-hybridized carbons (Fsp3) is 0.150. The molecule has 0 bridgehead atoms. The van der Waals surface area contributed by atoms with Gasteiger partial charge in [0.2, 0.25) is 9.84 Å². The number of hydrogen-bond donors (Lipinski definition) is 1. The lowest BCUT2D eigenvalue weighted by Crippen LogP contribution is -2.32. The van der Waals surface area contributed by atoms with Gasteiger partial charge >= 0.3 is 5.97 Å². The van der Waals surface area contributed by atoms with Gasteiger partial charge in [0, 0.05) is 28.4 Å². The van der Waals surface area contributed by atoms with E-state index in [2.05, 4.69) is 9.98 Å². The summed E-state index contributed by atoms with van der Waals surface area (Å²) >= 11 is 0. The van der Waals surface area contributed by atoms with Gasteiger partial charge in [-0.3, -0.25) is 14.8 Å². The van der Waals surface area contributed by atoms with E-state index in [1.807, 2.05) is 0 Å². The molecule has 28 heavy (non-hydrogen) atoms. The maximum Gasteiger partial charge on any atom is 0.307 e. The molecule has 8 heteroatoms. The lowest BCUT2D eigenvalue weighted by atomic mass is 10.0. The average molecular weight is 398 g/mol. The minimum atomic E-state index is -4.29. The molecule has 0 aliphatic carbocycles. The summed E-state index contributed by atoms with van der Waals surface area (Å²) in [7, 11) is -4.29. The third-order valence-electron chi connectivity index (χ3n) is 4.79. The maximum atomic E-state index is 14.9. The van der Waals surface area contributed by atoms with Crippen LogP contribution in [0.5, 0.6) is 0 Å². The third-order valence-corrected chi connectivity index (χ3v) is 6.66. The molecule has 1 aliphatic heterocycles. The van der Waals surface area contributed by atoms with Crippen molar-refractivity contribution in [3.63, 3.8) is 0 Å². The Kier molecular flexibility index (Phi) is 4.23. The van der Waals surface area contributed by atoms with Crippen LogP contribution in [-0.2, 0) is 14.6 Å². The molecule has 0 spiro atoms. The van der Waals surface area contributed by atoms with Crippen molar-refractivity contribution in [3.8, 4) is 0 Å². The van der Waals surface area contributed by atoms with Crippen LogP contribution >= 0.6 is 0 Å². The van der Waals surface area contributed by atoms with Crippen molar-refractivity contribution in [1.82, 2.24) is 4.98 Å².